The van der Waals surface area contributed by atoms with Crippen molar-refractivity contribution in [2.45, 2.75) is 69.3 Å². The Labute approximate surface area is 155 Å². The molecule has 0 radical (unpaired) electrons. The second kappa shape index (κ2) is 5.72. The van der Waals surface area contributed by atoms with E-state index in [2.05, 4.69) is 27.7 Å². The summed E-state index contributed by atoms with van der Waals surface area (Å²) in [7, 11) is 0.656. The highest BCUT2D eigenvalue weighted by molar-refractivity contribution is 6.56. The third-order valence-electron chi connectivity index (χ3n) is 7.16. The zero-order valence-electron chi connectivity index (χ0n) is 16.2. The Morgan fingerprint density at radius 2 is 1.54 bits per heavy atom. The van der Waals surface area contributed by atoms with Gasteiger partial charge in [-0.2, -0.15) is 0 Å². The number of carbonyl (C=O) groups is 2. The molecule has 0 aromatic rings. The normalized spacial score (nSPS) is 39.1. The van der Waals surface area contributed by atoms with Crippen LogP contribution >= 0.6 is 0 Å². The van der Waals surface area contributed by atoms with Crippen molar-refractivity contribution in [3.8, 4) is 0 Å². The molecule has 9 heteroatoms. The Bertz CT molecular complexity index is 605. The summed E-state index contributed by atoms with van der Waals surface area (Å²) in [6.07, 6.45) is 2.70. The van der Waals surface area contributed by atoms with Gasteiger partial charge in [-0.15, -0.1) is 0 Å². The lowest BCUT2D eigenvalue weighted by Crippen LogP contribution is -2.62. The molecule has 3 atom stereocenters. The van der Waals surface area contributed by atoms with E-state index in [0.29, 0.717) is 5.92 Å². The Morgan fingerprint density at radius 3 is 1.96 bits per heavy atom. The molecular formula is C17H27B2NO6. The van der Waals surface area contributed by atoms with Crippen molar-refractivity contribution in [1.82, 2.24) is 4.90 Å². The van der Waals surface area contributed by atoms with E-state index in [1.54, 1.807) is 11.9 Å². The van der Waals surface area contributed by atoms with Crippen LogP contribution in [0.4, 0.5) is 0 Å². The first kappa shape index (κ1) is 18.3. The van der Waals surface area contributed by atoms with E-state index >= 15 is 0 Å². The number of fused-ring (bicyclic) bond motifs is 1. The Morgan fingerprint density at radius 1 is 1.00 bits per heavy atom. The third-order valence-corrected chi connectivity index (χ3v) is 7.16. The van der Waals surface area contributed by atoms with Crippen LogP contribution in [-0.2, 0) is 28.2 Å². The minimum absolute atomic E-state index is 0.104. The van der Waals surface area contributed by atoms with Crippen molar-refractivity contribution in [2.24, 2.45) is 5.92 Å². The van der Waals surface area contributed by atoms with Crippen LogP contribution in [0.15, 0.2) is 0 Å². The zero-order valence-corrected chi connectivity index (χ0v) is 16.2. The Kier molecular flexibility index (Phi) is 4.03. The van der Waals surface area contributed by atoms with Gasteiger partial charge in [0, 0.05) is 5.31 Å². The van der Waals surface area contributed by atoms with E-state index in [9.17, 15) is 9.59 Å². The van der Waals surface area contributed by atoms with Crippen LogP contribution in [0.1, 0.15) is 47.0 Å². The minimum Gasteiger partial charge on any atom is -0.498 e. The van der Waals surface area contributed by atoms with E-state index < -0.39 is 7.12 Å². The number of nitrogens with zero attached hydrogens (tertiary/aromatic N) is 1. The summed E-state index contributed by atoms with van der Waals surface area (Å²) in [5, 5.41) is -0.268. The molecule has 3 unspecified atom stereocenters. The van der Waals surface area contributed by atoms with Crippen molar-refractivity contribution < 1.29 is 28.2 Å². The fourth-order valence-corrected chi connectivity index (χ4v) is 4.80. The second-order valence-electron chi connectivity index (χ2n) is 9.35. The van der Waals surface area contributed by atoms with Gasteiger partial charge in [-0.1, -0.05) is 6.42 Å². The zero-order chi connectivity index (χ0) is 18.9. The largest absolute Gasteiger partial charge is 0.605 e. The molecule has 7 nitrogen and oxygen atoms in total. The molecule has 0 bridgehead atoms. The van der Waals surface area contributed by atoms with Gasteiger partial charge in [-0.05, 0) is 59.3 Å². The van der Waals surface area contributed by atoms with Crippen molar-refractivity contribution in [2.75, 3.05) is 20.1 Å². The summed E-state index contributed by atoms with van der Waals surface area (Å²) >= 11 is 0. The summed E-state index contributed by atoms with van der Waals surface area (Å²) in [4.78, 5) is 25.8. The van der Waals surface area contributed by atoms with Gasteiger partial charge in [-0.3, -0.25) is 14.5 Å². The van der Waals surface area contributed by atoms with E-state index in [1.165, 1.54) is 0 Å². The highest BCUT2D eigenvalue weighted by Gasteiger charge is 2.74. The predicted molar refractivity (Wildman–Crippen MR) is 95.3 cm³/mol. The molecule has 2 saturated carbocycles. The lowest BCUT2D eigenvalue weighted by Gasteiger charge is -2.63. The van der Waals surface area contributed by atoms with Crippen LogP contribution in [0.2, 0.25) is 11.1 Å². The molecule has 4 fully saturated rings. The van der Waals surface area contributed by atoms with Gasteiger partial charge in [0.05, 0.1) is 24.3 Å². The number of carbonyl (C=O) groups excluding carboxylic acids is 2. The van der Waals surface area contributed by atoms with Crippen molar-refractivity contribution in [3.63, 3.8) is 0 Å². The van der Waals surface area contributed by atoms with E-state index in [0.717, 1.165) is 19.3 Å². The summed E-state index contributed by atoms with van der Waals surface area (Å²) < 4.78 is 23.5. The molecule has 0 N–H and O–H groups in total. The van der Waals surface area contributed by atoms with Gasteiger partial charge in [0.2, 0.25) is 0 Å². The lowest BCUT2D eigenvalue weighted by atomic mass is 9.25. The molecule has 26 heavy (non-hydrogen) atoms. The number of hydrogen-bond donors (Lipinski definition) is 0. The molecular weight excluding hydrogens is 336 g/mol. The monoisotopic (exact) mass is 363 g/mol. The summed E-state index contributed by atoms with van der Waals surface area (Å²) in [5.74, 6) is -0.150. The van der Waals surface area contributed by atoms with Crippen molar-refractivity contribution in [3.05, 3.63) is 0 Å². The van der Waals surface area contributed by atoms with E-state index in [-0.39, 0.29) is 54.5 Å². The van der Waals surface area contributed by atoms with Gasteiger partial charge in [0.15, 0.2) is 0 Å². The molecule has 2 saturated heterocycles. The standard InChI is InChI=1S/C17H27B2NO6/c1-15(2)16(3,4)26-18(25-15)12-8-17(7-6-11(12)17)19-23-13(21)9-20(5)10-14(22)24-19/h11-12H,6-10H2,1-5H3. The van der Waals surface area contributed by atoms with Crippen molar-refractivity contribution >= 4 is 26.2 Å². The SMILES string of the molecule is CN1CC(=O)OB(C23CCC2C(B2OC(C)(C)C(C)(C)O2)C3)OC(=O)C1. The predicted octanol–water partition coefficient (Wildman–Crippen LogP) is 1.52. The number of hydrogen-bond acceptors (Lipinski definition) is 7. The molecule has 2 aliphatic heterocycles. The first-order valence-corrected chi connectivity index (χ1v) is 9.47. The topological polar surface area (TPSA) is 74.3 Å². The molecule has 4 rings (SSSR count). The van der Waals surface area contributed by atoms with Gasteiger partial charge >= 0.3 is 26.2 Å². The maximum absolute atomic E-state index is 12.1. The third kappa shape index (κ3) is 2.62. The lowest BCUT2D eigenvalue weighted by molar-refractivity contribution is -0.148. The second-order valence-corrected chi connectivity index (χ2v) is 9.35. The first-order chi connectivity index (χ1) is 12.0. The average molecular weight is 363 g/mol. The number of rotatable bonds is 2. The smallest absolute Gasteiger partial charge is 0.498 e. The average Bonchev–Trinajstić information content (AvgIpc) is 2.67. The summed E-state index contributed by atoms with van der Waals surface area (Å²) in [6, 6.07) is 0. The maximum atomic E-state index is 12.1. The molecule has 2 heterocycles. The Balaban J connectivity index is 1.47. The highest BCUT2D eigenvalue weighted by Crippen LogP contribution is 2.75. The Hall–Kier alpha value is -1.05. The van der Waals surface area contributed by atoms with Gasteiger partial charge in [-0.25, -0.2) is 0 Å². The van der Waals surface area contributed by atoms with Crippen LogP contribution < -0.4 is 0 Å². The van der Waals surface area contributed by atoms with Crippen LogP contribution in [0.25, 0.3) is 0 Å². The molecule has 0 amide bonds. The number of likely N-dealkylation sites (N-methyl/N-ethyl adjacent to an activating group) is 1. The van der Waals surface area contributed by atoms with Crippen LogP contribution in [0.3, 0.4) is 0 Å². The molecule has 0 aromatic carbocycles. The van der Waals surface area contributed by atoms with E-state index in [1.807, 2.05) is 0 Å². The molecule has 0 spiro atoms. The first-order valence-electron chi connectivity index (χ1n) is 9.47. The van der Waals surface area contributed by atoms with Gasteiger partial charge in [0.1, 0.15) is 0 Å². The van der Waals surface area contributed by atoms with E-state index in [4.69, 9.17) is 18.6 Å². The van der Waals surface area contributed by atoms with Crippen LogP contribution in [0, 0.1) is 5.92 Å². The van der Waals surface area contributed by atoms with Gasteiger partial charge < -0.3 is 18.6 Å². The van der Waals surface area contributed by atoms with Gasteiger partial charge in [0.25, 0.3) is 0 Å². The minimum atomic E-state index is -0.784. The molecule has 142 valence electrons. The molecule has 2 aliphatic carbocycles. The summed E-state index contributed by atoms with van der Waals surface area (Å²) in [6.45, 7) is 8.41. The quantitative estimate of drug-likeness (QED) is 0.689. The highest BCUT2D eigenvalue weighted by atomic mass is 16.7. The molecule has 4 aliphatic rings. The van der Waals surface area contributed by atoms with Crippen LogP contribution in [0.5, 0.6) is 0 Å². The fraction of sp³-hybridized carbons (Fsp3) is 0.882. The van der Waals surface area contributed by atoms with Crippen LogP contribution in [-0.4, -0.2) is 62.4 Å². The maximum Gasteiger partial charge on any atom is 0.605 e. The fourth-order valence-electron chi connectivity index (χ4n) is 4.80. The van der Waals surface area contributed by atoms with Crippen molar-refractivity contribution in [1.29, 1.82) is 0 Å². The summed E-state index contributed by atoms with van der Waals surface area (Å²) in [5.41, 5.74) is -0.715. The molecule has 0 aromatic heterocycles.